The van der Waals surface area contributed by atoms with Crippen LogP contribution in [-0.4, -0.2) is 15.5 Å². The molecule has 0 spiro atoms. The normalized spacial score (nSPS) is 11.4. The number of hydrogen-bond donors (Lipinski definition) is 1. The summed E-state index contributed by atoms with van der Waals surface area (Å²) in [5.74, 6) is -0.341. The van der Waals surface area contributed by atoms with Crippen LogP contribution in [-0.2, 0) is 12.5 Å². The molecule has 0 atom stereocenters. The second kappa shape index (κ2) is 6.88. The molecule has 2 heterocycles. The van der Waals surface area contributed by atoms with E-state index < -0.39 is 0 Å². The lowest BCUT2D eigenvalue weighted by atomic mass is 9.86. The van der Waals surface area contributed by atoms with Crippen LogP contribution in [0.1, 0.15) is 36.7 Å². The molecule has 0 fully saturated rings. The van der Waals surface area contributed by atoms with E-state index in [9.17, 15) is 9.59 Å². The Kier molecular flexibility index (Phi) is 4.78. The van der Waals surface area contributed by atoms with Crippen molar-refractivity contribution in [1.29, 1.82) is 0 Å². The van der Waals surface area contributed by atoms with Crippen LogP contribution < -0.4 is 10.9 Å². The second-order valence-electron chi connectivity index (χ2n) is 7.18. The summed E-state index contributed by atoms with van der Waals surface area (Å²) in [6.07, 6.45) is 1.57. The minimum atomic E-state index is -0.341. The van der Waals surface area contributed by atoms with Crippen LogP contribution >= 0.6 is 11.3 Å². The minimum Gasteiger partial charge on any atom is -0.319 e. The summed E-state index contributed by atoms with van der Waals surface area (Å²) in [7, 11) is 1.64. The van der Waals surface area contributed by atoms with Crippen molar-refractivity contribution in [2.45, 2.75) is 26.2 Å². The third-order valence-electron chi connectivity index (χ3n) is 4.14. The Labute approximate surface area is 156 Å². The highest BCUT2D eigenvalue weighted by Crippen LogP contribution is 2.28. The van der Waals surface area contributed by atoms with E-state index in [1.807, 2.05) is 17.5 Å². The fraction of sp³-hybridized carbons (Fsp3) is 0.250. The highest BCUT2D eigenvalue weighted by molar-refractivity contribution is 7.14. The highest BCUT2D eigenvalue weighted by atomic mass is 32.1. The first-order valence-electron chi connectivity index (χ1n) is 8.28. The minimum absolute atomic E-state index is 0.104. The Morgan fingerprint density at radius 2 is 1.85 bits per heavy atom. The lowest BCUT2D eigenvalue weighted by Gasteiger charge is -2.18. The monoisotopic (exact) mass is 367 g/mol. The van der Waals surface area contributed by atoms with E-state index >= 15 is 0 Å². The van der Waals surface area contributed by atoms with Crippen LogP contribution in [0.15, 0.2) is 52.8 Å². The molecule has 3 aromatic rings. The van der Waals surface area contributed by atoms with Gasteiger partial charge in [0.1, 0.15) is 0 Å². The van der Waals surface area contributed by atoms with E-state index in [-0.39, 0.29) is 16.9 Å². The molecule has 5 nitrogen and oxygen atoms in total. The number of pyridine rings is 1. The molecule has 0 saturated carbocycles. The average Bonchev–Trinajstić information content (AvgIpc) is 3.05. The van der Waals surface area contributed by atoms with Crippen LogP contribution in [0.3, 0.4) is 0 Å². The summed E-state index contributed by atoms with van der Waals surface area (Å²) in [5, 5.41) is 5.16. The van der Waals surface area contributed by atoms with Crippen LogP contribution in [0.5, 0.6) is 0 Å². The predicted molar refractivity (Wildman–Crippen MR) is 106 cm³/mol. The summed E-state index contributed by atoms with van der Waals surface area (Å²) >= 11 is 1.36. The molecule has 0 radical (unpaired) electrons. The molecule has 0 aliphatic rings. The summed E-state index contributed by atoms with van der Waals surface area (Å²) in [6, 6.07) is 11.2. The molecule has 1 amide bonds. The number of nitrogens with one attached hydrogen (secondary N) is 1. The van der Waals surface area contributed by atoms with Gasteiger partial charge in [0.25, 0.3) is 11.5 Å². The molecule has 0 saturated heterocycles. The number of nitrogens with zero attached hydrogens (tertiary/aromatic N) is 2. The van der Waals surface area contributed by atoms with Crippen LogP contribution in [0.25, 0.3) is 11.3 Å². The Morgan fingerprint density at radius 1 is 1.15 bits per heavy atom. The van der Waals surface area contributed by atoms with Crippen molar-refractivity contribution < 1.29 is 4.79 Å². The van der Waals surface area contributed by atoms with E-state index in [1.165, 1.54) is 27.5 Å². The van der Waals surface area contributed by atoms with Crippen LogP contribution in [0.4, 0.5) is 5.13 Å². The number of carbonyl (C=O) groups excluding carboxylic acids is 1. The van der Waals surface area contributed by atoms with E-state index in [1.54, 1.807) is 19.3 Å². The van der Waals surface area contributed by atoms with Gasteiger partial charge in [0.05, 0.1) is 5.69 Å². The van der Waals surface area contributed by atoms with E-state index in [4.69, 9.17) is 0 Å². The molecule has 134 valence electrons. The third-order valence-corrected chi connectivity index (χ3v) is 4.90. The maximum Gasteiger partial charge on any atom is 0.257 e. The number of anilines is 1. The smallest absolute Gasteiger partial charge is 0.257 e. The molecule has 0 aliphatic heterocycles. The number of hydrogen-bond acceptors (Lipinski definition) is 4. The maximum atomic E-state index is 12.3. The van der Waals surface area contributed by atoms with Gasteiger partial charge < -0.3 is 4.57 Å². The number of rotatable bonds is 3. The predicted octanol–water partition coefficient (Wildman–Crippen LogP) is 4.06. The van der Waals surface area contributed by atoms with Crippen molar-refractivity contribution in [3.63, 3.8) is 0 Å². The molecule has 1 aromatic carbocycles. The van der Waals surface area contributed by atoms with E-state index in [0.29, 0.717) is 10.7 Å². The van der Waals surface area contributed by atoms with Crippen molar-refractivity contribution in [2.75, 3.05) is 5.32 Å². The van der Waals surface area contributed by atoms with Crippen molar-refractivity contribution in [3.8, 4) is 11.3 Å². The topological polar surface area (TPSA) is 64.0 Å². The van der Waals surface area contributed by atoms with Crippen LogP contribution in [0.2, 0.25) is 0 Å². The Balaban J connectivity index is 1.76. The lowest BCUT2D eigenvalue weighted by molar-refractivity contribution is 0.102. The van der Waals surface area contributed by atoms with E-state index in [0.717, 1.165) is 11.3 Å². The average molecular weight is 367 g/mol. The molecule has 0 unspecified atom stereocenters. The number of benzene rings is 1. The van der Waals surface area contributed by atoms with Gasteiger partial charge >= 0.3 is 0 Å². The molecule has 2 aromatic heterocycles. The van der Waals surface area contributed by atoms with Gasteiger partial charge in [-0.3, -0.25) is 14.9 Å². The first kappa shape index (κ1) is 18.1. The van der Waals surface area contributed by atoms with Gasteiger partial charge in [0.2, 0.25) is 0 Å². The third kappa shape index (κ3) is 3.91. The fourth-order valence-corrected chi connectivity index (χ4v) is 3.18. The summed E-state index contributed by atoms with van der Waals surface area (Å²) in [6.45, 7) is 6.53. The van der Waals surface area contributed by atoms with Gasteiger partial charge in [-0.15, -0.1) is 11.3 Å². The van der Waals surface area contributed by atoms with Gasteiger partial charge in [-0.05, 0) is 17.0 Å². The largest absolute Gasteiger partial charge is 0.319 e. The Hall–Kier alpha value is -2.73. The number of amides is 1. The first-order valence-corrected chi connectivity index (χ1v) is 9.16. The molecule has 1 N–H and O–H groups in total. The molecule has 3 rings (SSSR count). The summed E-state index contributed by atoms with van der Waals surface area (Å²) in [5.41, 5.74) is 3.27. The Bertz CT molecular complexity index is 995. The molecule has 0 bridgehead atoms. The highest BCUT2D eigenvalue weighted by Gasteiger charge is 2.14. The van der Waals surface area contributed by atoms with Gasteiger partial charge in [-0.2, -0.15) is 0 Å². The van der Waals surface area contributed by atoms with Crippen molar-refractivity contribution in [2.24, 2.45) is 7.05 Å². The number of carbonyl (C=O) groups is 1. The number of aryl methyl sites for hydroxylation is 1. The number of thiazole rings is 1. The SMILES string of the molecule is Cn1ccc(C(=O)Nc2nc(-c3ccc(C(C)(C)C)cc3)cs2)cc1=O. The molecule has 26 heavy (non-hydrogen) atoms. The molecule has 6 heteroatoms. The van der Waals surface area contributed by atoms with Gasteiger partial charge in [0.15, 0.2) is 5.13 Å². The summed E-state index contributed by atoms with van der Waals surface area (Å²) in [4.78, 5) is 28.4. The van der Waals surface area contributed by atoms with E-state index in [2.05, 4.69) is 43.2 Å². The Morgan fingerprint density at radius 3 is 2.46 bits per heavy atom. The molecule has 0 aliphatic carbocycles. The van der Waals surface area contributed by atoms with Gasteiger partial charge in [-0.1, -0.05) is 45.0 Å². The summed E-state index contributed by atoms with van der Waals surface area (Å²) < 4.78 is 1.42. The molecular formula is C20H21N3O2S. The first-order chi connectivity index (χ1) is 12.2. The maximum absolute atomic E-state index is 12.3. The zero-order valence-corrected chi connectivity index (χ0v) is 16.1. The second-order valence-corrected chi connectivity index (χ2v) is 8.04. The van der Waals surface area contributed by atoms with Crippen molar-refractivity contribution in [3.05, 3.63) is 69.5 Å². The lowest BCUT2D eigenvalue weighted by Crippen LogP contribution is -2.19. The zero-order chi connectivity index (χ0) is 18.9. The van der Waals surface area contributed by atoms with Crippen LogP contribution in [0, 0.1) is 0 Å². The molecular weight excluding hydrogens is 346 g/mol. The fourth-order valence-electron chi connectivity index (χ4n) is 2.46. The number of aromatic nitrogens is 2. The van der Waals surface area contributed by atoms with Gasteiger partial charge in [0, 0.05) is 35.8 Å². The van der Waals surface area contributed by atoms with Crippen molar-refractivity contribution in [1.82, 2.24) is 9.55 Å². The standard InChI is InChI=1S/C20H21N3O2S/c1-20(2,3)15-7-5-13(6-8-15)16-12-26-19(21-16)22-18(25)14-9-10-23(4)17(24)11-14/h5-12H,1-4H3,(H,21,22,25). The van der Waals surface area contributed by atoms with Gasteiger partial charge in [-0.25, -0.2) is 4.98 Å². The van der Waals surface area contributed by atoms with Crippen molar-refractivity contribution >= 4 is 22.4 Å². The quantitative estimate of drug-likeness (QED) is 0.759. The zero-order valence-electron chi connectivity index (χ0n) is 15.2.